The summed E-state index contributed by atoms with van der Waals surface area (Å²) < 4.78 is 36.2. The van der Waals surface area contributed by atoms with Crippen molar-refractivity contribution in [3.63, 3.8) is 0 Å². The topological polar surface area (TPSA) is 46.6 Å². The number of hydrogen-bond donors (Lipinski definition) is 0. The summed E-state index contributed by atoms with van der Waals surface area (Å²) in [5.74, 6) is 3.23. The maximum atomic E-state index is 13.9. The largest absolute Gasteiger partial charge is 0.393 e. The first-order valence-corrected chi connectivity index (χ1v) is 17.5. The number of hydrogen-bond acceptors (Lipinski definition) is 3. The van der Waals surface area contributed by atoms with Crippen molar-refractivity contribution >= 4 is 28.7 Å². The maximum Gasteiger partial charge on any atom is 0.271 e. The summed E-state index contributed by atoms with van der Waals surface area (Å²) in [5, 5.41) is 2.01. The molecule has 1 unspecified atom stereocenters. The Morgan fingerprint density at radius 1 is 0.833 bits per heavy atom. The van der Waals surface area contributed by atoms with Crippen LogP contribution in [0, 0.1) is 18.9 Å². The highest BCUT2D eigenvalue weighted by molar-refractivity contribution is 7.89. The van der Waals surface area contributed by atoms with Crippen LogP contribution in [0.5, 0.6) is 0 Å². The van der Waals surface area contributed by atoms with Gasteiger partial charge in [-0.3, -0.25) is 0 Å². The molecule has 42 heavy (non-hydrogen) atoms. The molecule has 0 amide bonds. The zero-order valence-corrected chi connectivity index (χ0v) is 26.6. The summed E-state index contributed by atoms with van der Waals surface area (Å²) in [5.41, 5.74) is 1.83. The minimum atomic E-state index is -3.91. The Kier molecular flexibility index (Phi) is 9.90. The zero-order valence-electron chi connectivity index (χ0n) is 24.8. The lowest BCUT2D eigenvalue weighted by atomic mass is 10.2. The standard InChI is InChI=1S/C36H39NO3SSi/c1-6-16-32(40-42(36(3,4)5,34-19-12-8-13-20-34)35-21-14-9-15-22-35)27-28-37(29-31-17-10-7-11-18-31)41(38,39)33-25-23-30(2)24-26-33/h6-15,17-26,32H,1,16,29H2,2-5H3. The highest BCUT2D eigenvalue weighted by Gasteiger charge is 2.51. The van der Waals surface area contributed by atoms with E-state index in [0.717, 1.165) is 21.5 Å². The van der Waals surface area contributed by atoms with E-state index in [1.807, 2.05) is 73.7 Å². The molecular formula is C36H39NO3SSi. The van der Waals surface area contributed by atoms with Gasteiger partial charge in [0, 0.05) is 12.5 Å². The van der Waals surface area contributed by atoms with E-state index in [0.29, 0.717) is 6.42 Å². The summed E-state index contributed by atoms with van der Waals surface area (Å²) in [7, 11) is -6.84. The van der Waals surface area contributed by atoms with Gasteiger partial charge in [-0.1, -0.05) is 136 Å². The number of aryl methyl sites for hydroxylation is 1. The van der Waals surface area contributed by atoms with E-state index in [1.165, 1.54) is 4.31 Å². The molecule has 4 aromatic rings. The molecule has 4 rings (SSSR count). The van der Waals surface area contributed by atoms with Gasteiger partial charge in [0.05, 0.1) is 11.4 Å². The highest BCUT2D eigenvalue weighted by Crippen LogP contribution is 2.37. The number of sulfonamides is 1. The Labute approximate surface area is 252 Å². The molecule has 0 aliphatic rings. The Hall–Kier alpha value is -3.89. The van der Waals surface area contributed by atoms with Gasteiger partial charge >= 0.3 is 0 Å². The van der Waals surface area contributed by atoms with E-state index in [2.05, 4.69) is 63.6 Å². The van der Waals surface area contributed by atoms with Crippen molar-refractivity contribution < 1.29 is 12.8 Å². The van der Waals surface area contributed by atoms with Crippen LogP contribution in [0.3, 0.4) is 0 Å². The van der Waals surface area contributed by atoms with Crippen molar-refractivity contribution in [3.05, 3.63) is 139 Å². The van der Waals surface area contributed by atoms with Gasteiger partial charge in [0.15, 0.2) is 0 Å². The third kappa shape index (κ3) is 6.93. The summed E-state index contributed by atoms with van der Waals surface area (Å²) in [4.78, 5) is 0.200. The molecule has 0 aliphatic carbocycles. The first-order chi connectivity index (χ1) is 20.1. The molecule has 4 nitrogen and oxygen atoms in total. The maximum absolute atomic E-state index is 13.9. The Bertz CT molecular complexity index is 1580. The molecule has 0 spiro atoms. The first kappa shape index (κ1) is 31.1. The minimum absolute atomic E-state index is 0.115. The van der Waals surface area contributed by atoms with E-state index in [-0.39, 0.29) is 16.5 Å². The van der Waals surface area contributed by atoms with Gasteiger partial charge in [-0.15, -0.1) is 6.58 Å². The summed E-state index contributed by atoms with van der Waals surface area (Å²) >= 11 is 0. The molecular weight excluding hydrogens is 555 g/mol. The molecule has 0 N–H and O–H groups in total. The first-order valence-electron chi connectivity index (χ1n) is 14.1. The third-order valence-corrected chi connectivity index (χ3v) is 14.0. The molecule has 216 valence electrons. The van der Waals surface area contributed by atoms with Gasteiger partial charge in [0.1, 0.15) is 6.10 Å². The molecule has 0 saturated carbocycles. The quantitative estimate of drug-likeness (QED) is 0.0893. The van der Waals surface area contributed by atoms with Gasteiger partial charge in [0.2, 0.25) is 0 Å². The molecule has 0 aliphatic heterocycles. The Morgan fingerprint density at radius 3 is 1.81 bits per heavy atom. The Morgan fingerprint density at radius 2 is 1.33 bits per heavy atom. The van der Waals surface area contributed by atoms with Gasteiger partial charge in [0.25, 0.3) is 18.3 Å². The fourth-order valence-corrected chi connectivity index (χ4v) is 10.9. The number of rotatable bonds is 10. The van der Waals surface area contributed by atoms with Crippen LogP contribution >= 0.6 is 0 Å². The summed E-state index contributed by atoms with van der Waals surface area (Å²) in [6.45, 7) is 12.6. The molecule has 1 atom stereocenters. The predicted octanol–water partition coefficient (Wildman–Crippen LogP) is 6.67. The van der Waals surface area contributed by atoms with Crippen LogP contribution in [0.25, 0.3) is 0 Å². The van der Waals surface area contributed by atoms with Crippen LogP contribution in [0.2, 0.25) is 5.04 Å². The average Bonchev–Trinajstić information content (AvgIpc) is 2.98. The smallest absolute Gasteiger partial charge is 0.271 e. The van der Waals surface area contributed by atoms with Crippen molar-refractivity contribution in [3.8, 4) is 12.0 Å². The second kappa shape index (κ2) is 13.4. The number of nitrogens with zero attached hydrogens (tertiary/aromatic N) is 1. The van der Waals surface area contributed by atoms with E-state index < -0.39 is 24.4 Å². The number of benzene rings is 4. The van der Waals surface area contributed by atoms with Crippen molar-refractivity contribution in [2.45, 2.75) is 56.7 Å². The molecule has 0 radical (unpaired) electrons. The average molecular weight is 594 g/mol. The molecule has 0 aromatic heterocycles. The van der Waals surface area contributed by atoms with Crippen molar-refractivity contribution in [2.75, 3.05) is 0 Å². The lowest BCUT2D eigenvalue weighted by Crippen LogP contribution is -2.67. The third-order valence-electron chi connectivity index (χ3n) is 7.24. The Balaban J connectivity index is 1.83. The second-order valence-electron chi connectivity index (χ2n) is 11.4. The molecule has 0 fully saturated rings. The summed E-state index contributed by atoms with van der Waals surface area (Å²) in [6, 6.07) is 40.1. The molecule has 0 bridgehead atoms. The predicted molar refractivity (Wildman–Crippen MR) is 175 cm³/mol. The molecule has 0 saturated heterocycles. The van der Waals surface area contributed by atoms with E-state index in [9.17, 15) is 8.42 Å². The van der Waals surface area contributed by atoms with Crippen molar-refractivity contribution in [1.29, 1.82) is 0 Å². The van der Waals surface area contributed by atoms with E-state index in [4.69, 9.17) is 4.43 Å². The van der Waals surface area contributed by atoms with Crippen LogP contribution in [0.1, 0.15) is 38.3 Å². The minimum Gasteiger partial charge on any atom is -0.393 e. The fourth-order valence-electron chi connectivity index (χ4n) is 5.11. The lowest BCUT2D eigenvalue weighted by Gasteiger charge is -2.44. The van der Waals surface area contributed by atoms with Crippen molar-refractivity contribution in [2.24, 2.45) is 0 Å². The van der Waals surface area contributed by atoms with Crippen LogP contribution in [0.15, 0.2) is 133 Å². The van der Waals surface area contributed by atoms with E-state index in [1.54, 1.807) is 30.3 Å². The molecule has 6 heteroatoms. The molecule has 0 heterocycles. The monoisotopic (exact) mass is 593 g/mol. The van der Waals surface area contributed by atoms with Gasteiger partial charge in [-0.25, -0.2) is 12.7 Å². The van der Waals surface area contributed by atoms with Gasteiger partial charge < -0.3 is 4.43 Å². The van der Waals surface area contributed by atoms with Crippen LogP contribution in [-0.2, 0) is 21.0 Å². The highest BCUT2D eigenvalue weighted by atomic mass is 32.2. The lowest BCUT2D eigenvalue weighted by molar-refractivity contribution is 0.244. The van der Waals surface area contributed by atoms with Gasteiger partial charge in [-0.2, -0.15) is 0 Å². The second-order valence-corrected chi connectivity index (χ2v) is 17.5. The van der Waals surface area contributed by atoms with Crippen LogP contribution in [0.4, 0.5) is 0 Å². The van der Waals surface area contributed by atoms with Crippen molar-refractivity contribution in [1.82, 2.24) is 4.31 Å². The van der Waals surface area contributed by atoms with Crippen LogP contribution in [-0.4, -0.2) is 27.1 Å². The normalized spacial score (nSPS) is 12.6. The van der Waals surface area contributed by atoms with E-state index >= 15 is 0 Å². The fraction of sp³-hybridized carbons (Fsp3) is 0.222. The summed E-state index contributed by atoms with van der Waals surface area (Å²) in [6.07, 6.45) is 1.65. The van der Waals surface area contributed by atoms with Gasteiger partial charge in [-0.05, 0) is 46.0 Å². The zero-order chi connectivity index (χ0) is 30.2. The SMILES string of the molecule is C=CCC(C#CN(Cc1ccccc1)S(=O)(=O)c1ccc(C)cc1)O[Si](c1ccccc1)(c1ccccc1)C(C)(C)C. The molecule has 4 aromatic carbocycles. The van der Waals surface area contributed by atoms with Crippen LogP contribution < -0.4 is 10.4 Å².